The Kier molecular flexibility index (Phi) is 2.30. The van der Waals surface area contributed by atoms with Crippen molar-refractivity contribution in [2.75, 3.05) is 5.32 Å². The minimum absolute atomic E-state index is 0.848. The molecule has 1 aromatic carbocycles. The summed E-state index contributed by atoms with van der Waals surface area (Å²) in [5.41, 5.74) is 2.84. The Hall–Kier alpha value is -1.88. The van der Waals surface area contributed by atoms with Crippen molar-refractivity contribution >= 4 is 28.1 Å². The van der Waals surface area contributed by atoms with E-state index < -0.39 is 0 Å². The van der Waals surface area contributed by atoms with Crippen molar-refractivity contribution in [3.63, 3.8) is 0 Å². The second-order valence-electron chi connectivity index (χ2n) is 3.46. The molecule has 3 rings (SSSR count). The van der Waals surface area contributed by atoms with Crippen molar-refractivity contribution in [2.45, 2.75) is 6.54 Å². The predicted octanol–water partition coefficient (Wildman–Crippen LogP) is 2.63. The number of aromatic amines is 1. The van der Waals surface area contributed by atoms with Crippen LogP contribution in [0.25, 0.3) is 11.0 Å². The average Bonchev–Trinajstić information content (AvgIpc) is 2.97. The lowest BCUT2D eigenvalue weighted by Gasteiger charge is -2.03. The molecule has 2 N–H and O–H groups in total. The first-order valence-electron chi connectivity index (χ1n) is 4.98. The molecule has 0 unspecified atom stereocenters. The van der Waals surface area contributed by atoms with E-state index in [0.717, 1.165) is 23.3 Å². The van der Waals surface area contributed by atoms with Crippen LogP contribution in [0.4, 0.5) is 5.69 Å². The van der Waals surface area contributed by atoms with Crippen LogP contribution in [-0.2, 0) is 6.54 Å². The van der Waals surface area contributed by atoms with Crippen molar-refractivity contribution in [3.05, 3.63) is 40.6 Å². The molecular formula is C11H10N4S. The number of H-pyrrole nitrogens is 1. The van der Waals surface area contributed by atoms with Crippen LogP contribution < -0.4 is 5.32 Å². The van der Waals surface area contributed by atoms with Crippen LogP contribution in [0.3, 0.4) is 0 Å². The number of aromatic nitrogens is 3. The number of nitrogens with zero attached hydrogens (tertiary/aromatic N) is 2. The molecule has 5 heteroatoms. The number of nitrogens with one attached hydrogen (secondary N) is 2. The summed E-state index contributed by atoms with van der Waals surface area (Å²) in [4.78, 5) is 1.32. The lowest BCUT2D eigenvalue weighted by Crippen LogP contribution is -1.96. The van der Waals surface area contributed by atoms with E-state index in [0.29, 0.717) is 0 Å². The van der Waals surface area contributed by atoms with Gasteiger partial charge >= 0.3 is 0 Å². The second-order valence-corrected chi connectivity index (χ2v) is 4.49. The minimum Gasteiger partial charge on any atom is -0.380 e. The van der Waals surface area contributed by atoms with E-state index in [1.165, 1.54) is 4.88 Å². The molecule has 4 nitrogen and oxygen atoms in total. The minimum atomic E-state index is 0.848. The van der Waals surface area contributed by atoms with Gasteiger partial charge in [-0.2, -0.15) is 15.4 Å². The van der Waals surface area contributed by atoms with Crippen molar-refractivity contribution < 1.29 is 0 Å². The van der Waals surface area contributed by atoms with Crippen LogP contribution in [0.1, 0.15) is 4.88 Å². The molecule has 0 bridgehead atoms. The van der Waals surface area contributed by atoms with E-state index in [4.69, 9.17) is 0 Å². The van der Waals surface area contributed by atoms with Gasteiger partial charge in [-0.05, 0) is 29.6 Å². The first kappa shape index (κ1) is 9.35. The van der Waals surface area contributed by atoms with Gasteiger partial charge in [0.15, 0.2) is 0 Å². The third-order valence-electron chi connectivity index (χ3n) is 2.36. The summed E-state index contributed by atoms with van der Waals surface area (Å²) >= 11 is 1.75. The highest BCUT2D eigenvalue weighted by atomic mass is 32.1. The summed E-state index contributed by atoms with van der Waals surface area (Å²) in [7, 11) is 0. The highest BCUT2D eigenvalue weighted by Gasteiger charge is 1.99. The maximum Gasteiger partial charge on any atom is 0.115 e. The molecular weight excluding hydrogens is 220 g/mol. The zero-order valence-corrected chi connectivity index (χ0v) is 9.29. The molecule has 0 saturated carbocycles. The molecule has 0 aliphatic rings. The molecule has 2 aromatic heterocycles. The third kappa shape index (κ3) is 1.77. The van der Waals surface area contributed by atoms with Crippen molar-refractivity contribution in [3.8, 4) is 0 Å². The van der Waals surface area contributed by atoms with Gasteiger partial charge in [0.25, 0.3) is 0 Å². The van der Waals surface area contributed by atoms with Gasteiger partial charge in [0, 0.05) is 17.1 Å². The van der Waals surface area contributed by atoms with Gasteiger partial charge in [-0.25, -0.2) is 0 Å². The largest absolute Gasteiger partial charge is 0.380 e. The molecule has 0 amide bonds. The van der Waals surface area contributed by atoms with E-state index in [9.17, 15) is 0 Å². The number of rotatable bonds is 3. The Morgan fingerprint density at radius 2 is 2.12 bits per heavy atom. The summed E-state index contributed by atoms with van der Waals surface area (Å²) < 4.78 is 0. The number of benzene rings is 1. The summed E-state index contributed by atoms with van der Waals surface area (Å²) in [6.45, 7) is 0.848. The van der Waals surface area contributed by atoms with E-state index in [1.54, 1.807) is 11.3 Å². The van der Waals surface area contributed by atoms with Gasteiger partial charge in [-0.1, -0.05) is 6.07 Å². The van der Waals surface area contributed by atoms with Gasteiger partial charge in [-0.15, -0.1) is 11.3 Å². The maximum absolute atomic E-state index is 4.05. The van der Waals surface area contributed by atoms with Crippen LogP contribution in [0.15, 0.2) is 35.7 Å². The summed E-state index contributed by atoms with van der Waals surface area (Å²) in [6.07, 6.45) is 0. The quantitative estimate of drug-likeness (QED) is 0.727. The molecule has 0 saturated heterocycles. The van der Waals surface area contributed by atoms with Crippen molar-refractivity contribution in [2.24, 2.45) is 0 Å². The lowest BCUT2D eigenvalue weighted by atomic mass is 10.2. The Morgan fingerprint density at radius 3 is 3.00 bits per heavy atom. The van der Waals surface area contributed by atoms with Crippen molar-refractivity contribution in [1.29, 1.82) is 0 Å². The summed E-state index contributed by atoms with van der Waals surface area (Å²) in [5.74, 6) is 0. The Labute approximate surface area is 96.3 Å². The summed E-state index contributed by atoms with van der Waals surface area (Å²) in [6, 6.07) is 10.1. The van der Waals surface area contributed by atoms with Gasteiger partial charge < -0.3 is 5.32 Å². The first-order valence-corrected chi connectivity index (χ1v) is 5.86. The van der Waals surface area contributed by atoms with Crippen LogP contribution in [0.5, 0.6) is 0 Å². The summed E-state index contributed by atoms with van der Waals surface area (Å²) in [5, 5.41) is 16.1. The first-order chi connectivity index (χ1) is 7.92. The van der Waals surface area contributed by atoms with Gasteiger partial charge in [-0.3, -0.25) is 0 Å². The van der Waals surface area contributed by atoms with E-state index in [1.807, 2.05) is 18.2 Å². The topological polar surface area (TPSA) is 53.6 Å². The number of hydrogen-bond donors (Lipinski definition) is 2. The highest BCUT2D eigenvalue weighted by Crippen LogP contribution is 2.16. The number of anilines is 1. The molecule has 0 aliphatic heterocycles. The molecule has 0 fully saturated rings. The number of fused-ring (bicyclic) bond motifs is 1. The Bertz CT molecular complexity index is 585. The predicted molar refractivity (Wildman–Crippen MR) is 65.5 cm³/mol. The monoisotopic (exact) mass is 230 g/mol. The number of hydrogen-bond acceptors (Lipinski definition) is 4. The fourth-order valence-corrected chi connectivity index (χ4v) is 2.20. The normalized spacial score (nSPS) is 10.8. The lowest BCUT2D eigenvalue weighted by molar-refractivity contribution is 0.959. The highest BCUT2D eigenvalue weighted by molar-refractivity contribution is 7.09. The van der Waals surface area contributed by atoms with Gasteiger partial charge in [0.2, 0.25) is 0 Å². The van der Waals surface area contributed by atoms with E-state index >= 15 is 0 Å². The van der Waals surface area contributed by atoms with Crippen LogP contribution in [-0.4, -0.2) is 15.4 Å². The standard InChI is InChI=1S/C11H10N4S/c1-2-9(16-5-1)7-12-8-3-4-10-11(6-8)14-15-13-10/h1-6,12H,7H2,(H,13,14,15). The zero-order chi connectivity index (χ0) is 10.8. The van der Waals surface area contributed by atoms with Gasteiger partial charge in [0.1, 0.15) is 11.0 Å². The average molecular weight is 230 g/mol. The van der Waals surface area contributed by atoms with Crippen LogP contribution in [0.2, 0.25) is 0 Å². The molecule has 2 heterocycles. The van der Waals surface area contributed by atoms with Crippen LogP contribution in [0, 0.1) is 0 Å². The smallest absolute Gasteiger partial charge is 0.115 e. The zero-order valence-electron chi connectivity index (χ0n) is 8.47. The van der Waals surface area contributed by atoms with Gasteiger partial charge in [0.05, 0.1) is 0 Å². The number of thiophene rings is 1. The molecule has 80 valence electrons. The molecule has 0 spiro atoms. The Balaban J connectivity index is 1.78. The molecule has 0 aliphatic carbocycles. The SMILES string of the molecule is c1csc(CNc2ccc3n[nH]nc3c2)c1. The second kappa shape index (κ2) is 3.94. The molecule has 0 atom stereocenters. The maximum atomic E-state index is 4.05. The van der Waals surface area contributed by atoms with Crippen LogP contribution >= 0.6 is 11.3 Å². The van der Waals surface area contributed by atoms with Crippen molar-refractivity contribution in [1.82, 2.24) is 15.4 Å². The van der Waals surface area contributed by atoms with E-state index in [-0.39, 0.29) is 0 Å². The molecule has 3 aromatic rings. The fraction of sp³-hybridized carbons (Fsp3) is 0.0909. The molecule has 16 heavy (non-hydrogen) atoms. The molecule has 0 radical (unpaired) electrons. The fourth-order valence-electron chi connectivity index (χ4n) is 1.55. The Morgan fingerprint density at radius 1 is 1.19 bits per heavy atom. The third-order valence-corrected chi connectivity index (χ3v) is 3.24. The van der Waals surface area contributed by atoms with E-state index in [2.05, 4.69) is 38.2 Å².